The summed E-state index contributed by atoms with van der Waals surface area (Å²) in [5, 5.41) is 2.54. The molecule has 2 heterocycles. The molecule has 0 fully saturated rings. The third-order valence-electron chi connectivity index (χ3n) is 4.67. The van der Waals surface area contributed by atoms with Crippen molar-refractivity contribution in [2.75, 3.05) is 0 Å². The molecule has 0 atom stereocenters. The first-order valence-corrected chi connectivity index (χ1v) is 9.85. The molecular formula is C22H19N3O2S. The van der Waals surface area contributed by atoms with Crippen molar-refractivity contribution in [3.63, 3.8) is 0 Å². The molecule has 2 aromatic heterocycles. The molecule has 0 spiro atoms. The maximum absolute atomic E-state index is 13.4. The first-order chi connectivity index (χ1) is 13.5. The summed E-state index contributed by atoms with van der Waals surface area (Å²) in [5.74, 6) is 0.107. The number of primary amides is 1. The van der Waals surface area contributed by atoms with E-state index in [1.54, 1.807) is 4.57 Å². The van der Waals surface area contributed by atoms with Crippen LogP contribution in [0.5, 0.6) is 0 Å². The number of rotatable bonds is 5. The second kappa shape index (κ2) is 7.40. The monoisotopic (exact) mass is 389 g/mol. The number of hydrogen-bond acceptors (Lipinski definition) is 4. The van der Waals surface area contributed by atoms with Crippen molar-refractivity contribution < 1.29 is 4.79 Å². The van der Waals surface area contributed by atoms with E-state index in [4.69, 9.17) is 10.7 Å². The Labute approximate surface area is 166 Å². The van der Waals surface area contributed by atoms with E-state index in [0.717, 1.165) is 22.3 Å². The molecule has 1 amide bonds. The van der Waals surface area contributed by atoms with Gasteiger partial charge in [0.25, 0.3) is 5.56 Å². The van der Waals surface area contributed by atoms with E-state index in [-0.39, 0.29) is 18.5 Å². The van der Waals surface area contributed by atoms with Gasteiger partial charge in [-0.1, -0.05) is 60.2 Å². The number of fused-ring (bicyclic) bond motifs is 1. The quantitative estimate of drug-likeness (QED) is 0.561. The Bertz CT molecular complexity index is 1210. The highest BCUT2D eigenvalue weighted by atomic mass is 32.1. The van der Waals surface area contributed by atoms with Crippen LogP contribution in [-0.4, -0.2) is 15.5 Å². The van der Waals surface area contributed by atoms with Crippen LogP contribution in [0.3, 0.4) is 0 Å². The molecule has 0 aliphatic rings. The van der Waals surface area contributed by atoms with Gasteiger partial charge in [0, 0.05) is 29.5 Å². The molecule has 5 nitrogen and oxygen atoms in total. The van der Waals surface area contributed by atoms with Crippen LogP contribution in [0.25, 0.3) is 32.7 Å². The molecule has 0 aliphatic heterocycles. The van der Waals surface area contributed by atoms with Crippen molar-refractivity contribution in [1.82, 2.24) is 9.55 Å². The zero-order chi connectivity index (χ0) is 19.7. The van der Waals surface area contributed by atoms with Gasteiger partial charge in [0.2, 0.25) is 5.91 Å². The summed E-state index contributed by atoms with van der Waals surface area (Å²) in [6, 6.07) is 17.6. The van der Waals surface area contributed by atoms with Gasteiger partial charge >= 0.3 is 0 Å². The predicted molar refractivity (Wildman–Crippen MR) is 113 cm³/mol. The molecule has 0 saturated heterocycles. The molecule has 0 saturated carbocycles. The third kappa shape index (κ3) is 3.34. The minimum atomic E-state index is -0.449. The highest BCUT2D eigenvalue weighted by Gasteiger charge is 2.18. The molecule has 2 N–H and O–H groups in total. The zero-order valence-corrected chi connectivity index (χ0v) is 16.2. The van der Waals surface area contributed by atoms with E-state index in [1.807, 2.05) is 66.9 Å². The number of aromatic nitrogens is 2. The fourth-order valence-corrected chi connectivity index (χ4v) is 4.14. The largest absolute Gasteiger partial charge is 0.370 e. The first kappa shape index (κ1) is 18.1. The lowest BCUT2D eigenvalue weighted by molar-refractivity contribution is -0.118. The van der Waals surface area contributed by atoms with Crippen molar-refractivity contribution in [2.45, 2.75) is 19.9 Å². The summed E-state index contributed by atoms with van der Waals surface area (Å²) in [5.41, 5.74) is 8.98. The number of carbonyl (C=O) groups excluding carboxylic acids is 1. The maximum Gasteiger partial charge on any atom is 0.263 e. The Morgan fingerprint density at radius 3 is 2.46 bits per heavy atom. The standard InChI is InChI=1S/C22H19N3O2S/c1-14-7-9-16(10-8-14)20-24-21-19(22(27)25(20)12-11-18(23)26)17(13-28-21)15-5-3-2-4-6-15/h2-10,13H,11-12H2,1H3,(H2,23,26). The number of amides is 1. The van der Waals surface area contributed by atoms with E-state index in [0.29, 0.717) is 16.0 Å². The fraction of sp³-hybridized carbons (Fsp3) is 0.136. The molecule has 0 aliphatic carbocycles. The van der Waals surface area contributed by atoms with Gasteiger partial charge in [0.15, 0.2) is 0 Å². The van der Waals surface area contributed by atoms with Crippen molar-refractivity contribution in [3.8, 4) is 22.5 Å². The van der Waals surface area contributed by atoms with E-state index < -0.39 is 5.91 Å². The fourth-order valence-electron chi connectivity index (χ4n) is 3.21. The van der Waals surface area contributed by atoms with Gasteiger partial charge < -0.3 is 5.73 Å². The second-order valence-corrected chi connectivity index (χ2v) is 7.53. The Morgan fingerprint density at radius 1 is 1.07 bits per heavy atom. The van der Waals surface area contributed by atoms with E-state index >= 15 is 0 Å². The number of nitrogens with zero attached hydrogens (tertiary/aromatic N) is 2. The van der Waals surface area contributed by atoms with Crippen LogP contribution in [-0.2, 0) is 11.3 Å². The summed E-state index contributed by atoms with van der Waals surface area (Å²) >= 11 is 1.45. The van der Waals surface area contributed by atoms with Crippen LogP contribution >= 0.6 is 11.3 Å². The van der Waals surface area contributed by atoms with Crippen molar-refractivity contribution in [1.29, 1.82) is 0 Å². The highest BCUT2D eigenvalue weighted by molar-refractivity contribution is 7.17. The average Bonchev–Trinajstić information content (AvgIpc) is 3.12. The maximum atomic E-state index is 13.4. The topological polar surface area (TPSA) is 78.0 Å². The first-order valence-electron chi connectivity index (χ1n) is 8.97. The number of nitrogens with two attached hydrogens (primary N) is 1. The number of carbonyl (C=O) groups is 1. The van der Waals surface area contributed by atoms with Gasteiger partial charge in [-0.05, 0) is 12.5 Å². The van der Waals surface area contributed by atoms with Gasteiger partial charge in [-0.2, -0.15) is 0 Å². The lowest BCUT2D eigenvalue weighted by Gasteiger charge is -2.13. The molecule has 4 rings (SSSR count). The summed E-state index contributed by atoms with van der Waals surface area (Å²) in [6.45, 7) is 2.20. The van der Waals surface area contributed by atoms with Crippen molar-refractivity contribution in [2.24, 2.45) is 5.73 Å². The van der Waals surface area contributed by atoms with Gasteiger partial charge in [-0.3, -0.25) is 14.2 Å². The molecule has 140 valence electrons. The minimum absolute atomic E-state index is 0.0801. The van der Waals surface area contributed by atoms with Gasteiger partial charge in [0.1, 0.15) is 10.7 Å². The Balaban J connectivity index is 1.97. The minimum Gasteiger partial charge on any atom is -0.370 e. The number of hydrogen-bond donors (Lipinski definition) is 1. The molecular weight excluding hydrogens is 370 g/mol. The van der Waals surface area contributed by atoms with Crippen LogP contribution in [0, 0.1) is 6.92 Å². The number of thiophene rings is 1. The average molecular weight is 389 g/mol. The highest BCUT2D eigenvalue weighted by Crippen LogP contribution is 2.32. The number of aryl methyl sites for hydroxylation is 1. The SMILES string of the molecule is Cc1ccc(-c2nc3scc(-c4ccccc4)c3c(=O)n2CCC(N)=O)cc1. The van der Waals surface area contributed by atoms with E-state index in [2.05, 4.69) is 0 Å². The molecule has 6 heteroatoms. The smallest absolute Gasteiger partial charge is 0.263 e. The van der Waals surface area contributed by atoms with Crippen LogP contribution in [0.1, 0.15) is 12.0 Å². The van der Waals surface area contributed by atoms with E-state index in [1.165, 1.54) is 11.3 Å². The van der Waals surface area contributed by atoms with Crippen molar-refractivity contribution >= 4 is 27.5 Å². The molecule has 2 aromatic carbocycles. The van der Waals surface area contributed by atoms with Crippen LogP contribution in [0.4, 0.5) is 0 Å². The normalized spacial score (nSPS) is 11.0. The van der Waals surface area contributed by atoms with Crippen LogP contribution in [0.15, 0.2) is 64.8 Å². The van der Waals surface area contributed by atoms with Gasteiger partial charge in [0.05, 0.1) is 5.39 Å². The predicted octanol–water partition coefficient (Wildman–Crippen LogP) is 3.98. The second-order valence-electron chi connectivity index (χ2n) is 6.67. The molecule has 28 heavy (non-hydrogen) atoms. The lowest BCUT2D eigenvalue weighted by Crippen LogP contribution is -2.26. The van der Waals surface area contributed by atoms with Crippen LogP contribution in [0.2, 0.25) is 0 Å². The Hall–Kier alpha value is -3.25. The molecule has 4 aromatic rings. The molecule has 0 unspecified atom stereocenters. The van der Waals surface area contributed by atoms with E-state index in [9.17, 15) is 9.59 Å². The van der Waals surface area contributed by atoms with Crippen LogP contribution < -0.4 is 11.3 Å². The van der Waals surface area contributed by atoms with Gasteiger partial charge in [-0.15, -0.1) is 11.3 Å². The van der Waals surface area contributed by atoms with Gasteiger partial charge in [-0.25, -0.2) is 4.98 Å². The Morgan fingerprint density at radius 2 is 1.79 bits per heavy atom. The third-order valence-corrected chi connectivity index (χ3v) is 5.54. The molecule has 0 radical (unpaired) electrons. The Kier molecular flexibility index (Phi) is 4.79. The zero-order valence-electron chi connectivity index (χ0n) is 15.4. The van der Waals surface area contributed by atoms with Crippen molar-refractivity contribution in [3.05, 3.63) is 75.9 Å². The summed E-state index contributed by atoms with van der Waals surface area (Å²) < 4.78 is 1.57. The lowest BCUT2D eigenvalue weighted by atomic mass is 10.1. The summed E-state index contributed by atoms with van der Waals surface area (Å²) in [6.07, 6.45) is 0.0801. The number of benzene rings is 2. The summed E-state index contributed by atoms with van der Waals surface area (Å²) in [7, 11) is 0. The molecule has 0 bridgehead atoms. The summed E-state index contributed by atoms with van der Waals surface area (Å²) in [4.78, 5) is 30.3.